The lowest BCUT2D eigenvalue weighted by atomic mass is 9.84. The van der Waals surface area contributed by atoms with Crippen LogP contribution in [-0.4, -0.2) is 44.1 Å². The number of allylic oxidation sites excluding steroid dienone is 1. The number of rotatable bonds is 8. The van der Waals surface area contributed by atoms with Gasteiger partial charge in [-0.15, -0.1) is 0 Å². The Morgan fingerprint density at radius 2 is 1.81 bits per heavy atom. The van der Waals surface area contributed by atoms with Gasteiger partial charge in [-0.1, -0.05) is 23.2 Å². The smallest absolute Gasteiger partial charge is 0.340 e. The van der Waals surface area contributed by atoms with Crippen molar-refractivity contribution in [3.63, 3.8) is 0 Å². The first-order valence-electron chi connectivity index (χ1n) is 10.1. The number of ketones is 1. The normalized spacial score (nSPS) is 17.1. The van der Waals surface area contributed by atoms with Gasteiger partial charge < -0.3 is 10.1 Å². The lowest BCUT2D eigenvalue weighted by molar-refractivity contribution is -0.142. The summed E-state index contributed by atoms with van der Waals surface area (Å²) in [5.41, 5.74) is 1.27. The number of carbonyl (C=O) groups is 2. The van der Waals surface area contributed by atoms with Crippen molar-refractivity contribution in [1.29, 1.82) is 0 Å². The van der Waals surface area contributed by atoms with Crippen LogP contribution in [-0.2, 0) is 24.3 Å². The van der Waals surface area contributed by atoms with Crippen LogP contribution in [0, 0.1) is 0 Å². The summed E-state index contributed by atoms with van der Waals surface area (Å²) in [6, 6.07) is 3.72. The Kier molecular flexibility index (Phi) is 8.56. The minimum Gasteiger partial charge on any atom is -0.459 e. The maximum atomic E-state index is 13.3. The molecule has 32 heavy (non-hydrogen) atoms. The summed E-state index contributed by atoms with van der Waals surface area (Å²) in [5.74, 6) is -2.09. The van der Waals surface area contributed by atoms with Crippen LogP contribution in [0.2, 0.25) is 10.0 Å². The first-order chi connectivity index (χ1) is 14.7. The molecule has 1 unspecified atom stereocenters. The molecule has 0 spiro atoms. The number of hydrogen-bond acceptors (Lipinski definition) is 6. The predicted octanol–water partition coefficient (Wildman–Crippen LogP) is 3.86. The fraction of sp³-hybridized carbons (Fsp3) is 0.455. The molecule has 1 heterocycles. The zero-order valence-electron chi connectivity index (χ0n) is 18.9. The number of Topliss-reactive ketones (excluding diaryl/α,β-unsaturated/α-hetero) is 1. The van der Waals surface area contributed by atoms with E-state index in [-0.39, 0.29) is 27.8 Å². The fourth-order valence-corrected chi connectivity index (χ4v) is 5.22. The number of hydrogen-bond donors (Lipinski definition) is 2. The van der Waals surface area contributed by atoms with E-state index in [9.17, 15) is 18.0 Å². The molecule has 2 rings (SSSR count). The van der Waals surface area contributed by atoms with Gasteiger partial charge in [-0.05, 0) is 59.7 Å². The molecule has 0 saturated heterocycles. The van der Waals surface area contributed by atoms with Gasteiger partial charge >= 0.3 is 5.97 Å². The van der Waals surface area contributed by atoms with Gasteiger partial charge in [0.15, 0.2) is 5.78 Å². The van der Waals surface area contributed by atoms with Crippen LogP contribution >= 0.6 is 23.2 Å². The highest BCUT2D eigenvalue weighted by atomic mass is 35.5. The topological polar surface area (TPSA) is 102 Å². The molecular weight excluding hydrogens is 475 g/mol. The van der Waals surface area contributed by atoms with Crippen LogP contribution in [0.3, 0.4) is 0 Å². The van der Waals surface area contributed by atoms with E-state index in [0.29, 0.717) is 16.3 Å². The van der Waals surface area contributed by atoms with E-state index >= 15 is 0 Å². The van der Waals surface area contributed by atoms with Crippen molar-refractivity contribution in [2.24, 2.45) is 0 Å². The number of benzene rings is 1. The van der Waals surface area contributed by atoms with Crippen LogP contribution in [0.25, 0.3) is 5.57 Å². The highest BCUT2D eigenvalue weighted by Gasteiger charge is 2.36. The summed E-state index contributed by atoms with van der Waals surface area (Å²) in [7, 11) is -3.90. The van der Waals surface area contributed by atoms with Gasteiger partial charge in [-0.2, -0.15) is 0 Å². The van der Waals surface area contributed by atoms with Gasteiger partial charge in [0.25, 0.3) is 0 Å². The Balaban J connectivity index is 2.78. The molecule has 7 nitrogen and oxygen atoms in total. The Hall–Kier alpha value is -1.87. The van der Waals surface area contributed by atoms with Crippen LogP contribution in [0.15, 0.2) is 35.0 Å². The number of nitrogens with one attached hydrogen (secondary N) is 2. The second kappa shape index (κ2) is 10.4. The number of esters is 1. The SMILES string of the molecule is CC1=C(C(=O)OC(C)C)C(c2cc(Cl)ccc2Cl)=C(C(=O)CS(=O)(=O)NC(C)C)C(C)N1. The van der Waals surface area contributed by atoms with Crippen molar-refractivity contribution < 1.29 is 22.7 Å². The molecule has 1 atom stereocenters. The Morgan fingerprint density at radius 3 is 2.38 bits per heavy atom. The minimum absolute atomic E-state index is 0.110. The van der Waals surface area contributed by atoms with Crippen molar-refractivity contribution in [2.75, 3.05) is 5.75 Å². The van der Waals surface area contributed by atoms with Gasteiger partial charge in [-0.25, -0.2) is 17.9 Å². The second-order valence-electron chi connectivity index (χ2n) is 8.19. The van der Waals surface area contributed by atoms with E-state index in [4.69, 9.17) is 27.9 Å². The number of dihydropyridines is 1. The quantitative estimate of drug-likeness (QED) is 0.523. The summed E-state index contributed by atoms with van der Waals surface area (Å²) in [6.45, 7) is 10.1. The van der Waals surface area contributed by atoms with Crippen molar-refractivity contribution >= 4 is 50.6 Å². The maximum Gasteiger partial charge on any atom is 0.340 e. The van der Waals surface area contributed by atoms with Crippen LogP contribution in [0.4, 0.5) is 0 Å². The molecule has 0 fully saturated rings. The van der Waals surface area contributed by atoms with Gasteiger partial charge in [0.2, 0.25) is 10.0 Å². The molecule has 1 aromatic carbocycles. The third kappa shape index (κ3) is 6.34. The molecule has 176 valence electrons. The third-order valence-corrected chi connectivity index (χ3v) is 6.58. The molecule has 0 amide bonds. The monoisotopic (exact) mass is 502 g/mol. The van der Waals surface area contributed by atoms with E-state index in [1.165, 1.54) is 0 Å². The van der Waals surface area contributed by atoms with Crippen LogP contribution in [0.1, 0.15) is 47.1 Å². The largest absolute Gasteiger partial charge is 0.459 e. The number of carbonyl (C=O) groups excluding carboxylic acids is 2. The molecule has 2 N–H and O–H groups in total. The van der Waals surface area contributed by atoms with E-state index in [1.54, 1.807) is 59.7 Å². The molecule has 1 aromatic rings. The first-order valence-corrected chi connectivity index (χ1v) is 12.6. The summed E-state index contributed by atoms with van der Waals surface area (Å²) >= 11 is 12.6. The average molecular weight is 503 g/mol. The van der Waals surface area contributed by atoms with Crippen LogP contribution < -0.4 is 10.0 Å². The van der Waals surface area contributed by atoms with E-state index in [2.05, 4.69) is 10.0 Å². The van der Waals surface area contributed by atoms with Crippen molar-refractivity contribution in [3.05, 3.63) is 50.7 Å². The molecule has 0 aliphatic carbocycles. The van der Waals surface area contributed by atoms with E-state index in [1.807, 2.05) is 0 Å². The van der Waals surface area contributed by atoms with Crippen molar-refractivity contribution in [2.45, 2.75) is 59.7 Å². The Labute approximate surface area is 199 Å². The number of sulfonamides is 1. The average Bonchev–Trinajstić information content (AvgIpc) is 2.60. The molecule has 0 bridgehead atoms. The lowest BCUT2D eigenvalue weighted by Crippen LogP contribution is -2.41. The van der Waals surface area contributed by atoms with Gasteiger partial charge in [-0.3, -0.25) is 4.79 Å². The zero-order valence-corrected chi connectivity index (χ0v) is 21.2. The second-order valence-corrected chi connectivity index (χ2v) is 10.8. The fourth-order valence-electron chi connectivity index (χ4n) is 3.54. The standard InChI is InChI=1S/C22H28Cl2N2O5S/c1-11(2)26-32(29,30)10-18(27)19-13(5)25-14(6)20(22(28)31-12(3)4)21(19)16-9-15(23)7-8-17(16)24/h7-9,11-13,25-26H,10H2,1-6H3. The van der Waals surface area contributed by atoms with Crippen molar-refractivity contribution in [3.8, 4) is 0 Å². The highest BCUT2D eigenvalue weighted by Crippen LogP contribution is 2.39. The summed E-state index contributed by atoms with van der Waals surface area (Å²) in [6.07, 6.45) is -0.409. The van der Waals surface area contributed by atoms with Gasteiger partial charge in [0.05, 0.1) is 17.7 Å². The van der Waals surface area contributed by atoms with Gasteiger partial charge in [0.1, 0.15) is 5.75 Å². The molecule has 0 aromatic heterocycles. The minimum atomic E-state index is -3.90. The summed E-state index contributed by atoms with van der Waals surface area (Å²) < 4.78 is 32.7. The van der Waals surface area contributed by atoms with Gasteiger partial charge in [0, 0.05) is 38.5 Å². The number of ether oxygens (including phenoxy) is 1. The first kappa shape index (κ1) is 26.4. The van der Waals surface area contributed by atoms with E-state index in [0.717, 1.165) is 0 Å². The highest BCUT2D eigenvalue weighted by molar-refractivity contribution is 7.90. The molecule has 0 saturated carbocycles. The van der Waals surface area contributed by atoms with Crippen molar-refractivity contribution in [1.82, 2.24) is 10.0 Å². The Bertz CT molecular complexity index is 1090. The summed E-state index contributed by atoms with van der Waals surface area (Å²) in [5, 5.41) is 3.69. The molecular formula is C22H28Cl2N2O5S. The Morgan fingerprint density at radius 1 is 1.19 bits per heavy atom. The number of halogens is 2. The predicted molar refractivity (Wildman–Crippen MR) is 127 cm³/mol. The lowest BCUT2D eigenvalue weighted by Gasteiger charge is -2.31. The molecule has 1 aliphatic heterocycles. The molecule has 10 heteroatoms. The summed E-state index contributed by atoms with van der Waals surface area (Å²) in [4.78, 5) is 26.3. The van der Waals surface area contributed by atoms with Crippen LogP contribution in [0.5, 0.6) is 0 Å². The zero-order chi connectivity index (χ0) is 24.4. The third-order valence-electron chi connectivity index (χ3n) is 4.54. The van der Waals surface area contributed by atoms with E-state index < -0.39 is 39.7 Å². The molecule has 0 radical (unpaired) electrons. The molecule has 1 aliphatic rings. The maximum absolute atomic E-state index is 13.3.